The van der Waals surface area contributed by atoms with Gasteiger partial charge in [-0.3, -0.25) is 0 Å². The highest BCUT2D eigenvalue weighted by molar-refractivity contribution is 7.90. The third-order valence-electron chi connectivity index (χ3n) is 3.98. The lowest BCUT2D eigenvalue weighted by molar-refractivity contribution is 0.448. The molecular formula is C16H18F3N5O2S. The van der Waals surface area contributed by atoms with E-state index >= 15 is 0 Å². The van der Waals surface area contributed by atoms with Gasteiger partial charge < -0.3 is 16.0 Å². The van der Waals surface area contributed by atoms with Gasteiger partial charge in [0, 0.05) is 36.2 Å². The second kappa shape index (κ2) is 7.69. The molecule has 0 spiro atoms. The highest BCUT2D eigenvalue weighted by Crippen LogP contribution is 2.23. The molecule has 0 bridgehead atoms. The molecule has 1 aromatic carbocycles. The normalized spacial score (nSPS) is 15.6. The molecule has 2 aromatic rings. The molecule has 2 heterocycles. The largest absolute Gasteiger partial charge is 0.367 e. The van der Waals surface area contributed by atoms with Crippen molar-refractivity contribution < 1.29 is 21.6 Å². The Bertz CT molecular complexity index is 926. The first kappa shape index (κ1) is 19.4. The molecule has 3 N–H and O–H groups in total. The summed E-state index contributed by atoms with van der Waals surface area (Å²) in [5.41, 5.74) is -0.114. The number of anilines is 3. The van der Waals surface area contributed by atoms with Crippen LogP contribution >= 0.6 is 0 Å². The zero-order valence-electron chi connectivity index (χ0n) is 14.4. The Hall–Kier alpha value is -2.40. The van der Waals surface area contributed by atoms with Gasteiger partial charge in [0.15, 0.2) is 17.5 Å². The molecule has 1 aromatic heterocycles. The topological polar surface area (TPSA) is 96.0 Å². The molecule has 0 atom stereocenters. The summed E-state index contributed by atoms with van der Waals surface area (Å²) >= 11 is 0. The Morgan fingerprint density at radius 1 is 1.04 bits per heavy atom. The van der Waals surface area contributed by atoms with Crippen LogP contribution in [0.3, 0.4) is 0 Å². The van der Waals surface area contributed by atoms with E-state index in [0.717, 1.165) is 44.3 Å². The summed E-state index contributed by atoms with van der Waals surface area (Å²) in [6.07, 6.45) is 2.61. The summed E-state index contributed by atoms with van der Waals surface area (Å²) in [7, 11) is -3.73. The van der Waals surface area contributed by atoms with Crippen molar-refractivity contribution in [1.29, 1.82) is 0 Å². The molecule has 0 amide bonds. The van der Waals surface area contributed by atoms with Crippen molar-refractivity contribution in [3.05, 3.63) is 35.7 Å². The number of rotatable bonds is 5. The van der Waals surface area contributed by atoms with Gasteiger partial charge in [-0.25, -0.2) is 31.6 Å². The van der Waals surface area contributed by atoms with Gasteiger partial charge in [0.2, 0.25) is 9.84 Å². The molecule has 0 aliphatic carbocycles. The molecule has 11 heteroatoms. The van der Waals surface area contributed by atoms with Crippen LogP contribution in [0.5, 0.6) is 0 Å². The van der Waals surface area contributed by atoms with Gasteiger partial charge >= 0.3 is 0 Å². The van der Waals surface area contributed by atoms with Crippen LogP contribution < -0.4 is 16.0 Å². The highest BCUT2D eigenvalue weighted by Gasteiger charge is 2.18. The lowest BCUT2D eigenvalue weighted by Gasteiger charge is -2.24. The fourth-order valence-corrected chi connectivity index (χ4v) is 3.21. The maximum atomic E-state index is 13.4. The van der Waals surface area contributed by atoms with Gasteiger partial charge in [0.1, 0.15) is 11.6 Å². The predicted octanol–water partition coefficient (Wildman–Crippen LogP) is 2.20. The average molecular weight is 401 g/mol. The van der Waals surface area contributed by atoms with Crippen molar-refractivity contribution in [2.75, 3.05) is 30.0 Å². The van der Waals surface area contributed by atoms with Gasteiger partial charge in [-0.15, -0.1) is 0 Å². The molecular weight excluding hydrogens is 383 g/mol. The summed E-state index contributed by atoms with van der Waals surface area (Å²) in [4.78, 5) is 7.88. The number of hydrogen-bond acceptors (Lipinski definition) is 7. The lowest BCUT2D eigenvalue weighted by atomic mass is 10.1. The Morgan fingerprint density at radius 3 is 2.22 bits per heavy atom. The first-order valence-electron chi connectivity index (χ1n) is 8.20. The molecule has 1 aliphatic heterocycles. The summed E-state index contributed by atoms with van der Waals surface area (Å²) in [5.74, 6) is -4.06. The van der Waals surface area contributed by atoms with Crippen LogP contribution in [0.1, 0.15) is 12.8 Å². The number of piperidine rings is 1. The van der Waals surface area contributed by atoms with Crippen molar-refractivity contribution in [2.24, 2.45) is 0 Å². The standard InChI is InChI=1S/C16H18F3N5O2S/c1-27(25,26)16-23-13(21-9-2-4-20-5-3-9)8-14(24-16)22-10-6-11(17)15(19)12(18)7-10/h6-9,20H,2-5H2,1H3,(H2,21,22,23,24). The van der Waals surface area contributed by atoms with Crippen LogP contribution in [0.2, 0.25) is 0 Å². The van der Waals surface area contributed by atoms with Gasteiger partial charge in [-0.1, -0.05) is 0 Å². The van der Waals surface area contributed by atoms with Crippen molar-refractivity contribution in [2.45, 2.75) is 24.0 Å². The van der Waals surface area contributed by atoms with E-state index in [0.29, 0.717) is 0 Å². The van der Waals surface area contributed by atoms with Crippen LogP contribution in [0.15, 0.2) is 23.4 Å². The van der Waals surface area contributed by atoms with E-state index in [2.05, 4.69) is 25.9 Å². The maximum Gasteiger partial charge on any atom is 0.250 e. The second-order valence-corrected chi connectivity index (χ2v) is 8.15. The van der Waals surface area contributed by atoms with Crippen LogP contribution in [-0.2, 0) is 9.84 Å². The third-order valence-corrected chi connectivity index (χ3v) is 4.83. The monoisotopic (exact) mass is 401 g/mol. The summed E-state index contributed by atoms with van der Waals surface area (Å²) in [5, 5.41) is 8.51. The van der Waals surface area contributed by atoms with Gasteiger partial charge in [0.05, 0.1) is 0 Å². The van der Waals surface area contributed by atoms with Crippen molar-refractivity contribution >= 4 is 27.2 Å². The van der Waals surface area contributed by atoms with Crippen molar-refractivity contribution in [1.82, 2.24) is 15.3 Å². The first-order valence-corrected chi connectivity index (χ1v) is 10.1. The van der Waals surface area contributed by atoms with E-state index in [1.54, 1.807) is 0 Å². The third kappa shape index (κ3) is 4.86. The van der Waals surface area contributed by atoms with E-state index in [9.17, 15) is 21.6 Å². The lowest BCUT2D eigenvalue weighted by Crippen LogP contribution is -2.35. The molecule has 1 aliphatic rings. The van der Waals surface area contributed by atoms with Gasteiger partial charge in [0.25, 0.3) is 5.16 Å². The Labute approximate surface area is 154 Å². The number of hydrogen-bond donors (Lipinski definition) is 3. The second-order valence-electron chi connectivity index (χ2n) is 6.24. The van der Waals surface area contributed by atoms with Crippen molar-refractivity contribution in [3.63, 3.8) is 0 Å². The SMILES string of the molecule is CS(=O)(=O)c1nc(Nc2cc(F)c(F)c(F)c2)cc(NC2CCNCC2)n1. The molecule has 0 radical (unpaired) electrons. The molecule has 3 rings (SSSR count). The molecule has 0 unspecified atom stereocenters. The highest BCUT2D eigenvalue weighted by atomic mass is 32.2. The van der Waals surface area contributed by atoms with E-state index in [1.165, 1.54) is 6.07 Å². The minimum Gasteiger partial charge on any atom is -0.367 e. The van der Waals surface area contributed by atoms with Crippen molar-refractivity contribution in [3.8, 4) is 0 Å². The van der Waals surface area contributed by atoms with Gasteiger partial charge in [-0.05, 0) is 25.9 Å². The zero-order valence-corrected chi connectivity index (χ0v) is 15.2. The Balaban J connectivity index is 1.92. The van der Waals surface area contributed by atoms with Crippen LogP contribution in [0.4, 0.5) is 30.5 Å². The van der Waals surface area contributed by atoms with Gasteiger partial charge in [-0.2, -0.15) is 0 Å². The molecule has 0 saturated carbocycles. The molecule has 146 valence electrons. The minimum atomic E-state index is -3.73. The zero-order chi connectivity index (χ0) is 19.6. The number of nitrogens with zero attached hydrogens (tertiary/aromatic N) is 2. The molecule has 1 fully saturated rings. The fourth-order valence-electron chi connectivity index (χ4n) is 2.68. The van der Waals surface area contributed by atoms with Crippen LogP contribution in [0, 0.1) is 17.5 Å². The average Bonchev–Trinajstić information content (AvgIpc) is 2.59. The van der Waals surface area contributed by atoms with Crippen LogP contribution in [-0.4, -0.2) is 43.8 Å². The quantitative estimate of drug-likeness (QED) is 0.522. The molecule has 1 saturated heterocycles. The fraction of sp³-hybridized carbons (Fsp3) is 0.375. The first-order chi connectivity index (χ1) is 12.7. The number of halogens is 3. The minimum absolute atomic E-state index is 0.00673. The number of sulfone groups is 1. The maximum absolute atomic E-state index is 13.4. The predicted molar refractivity (Wildman–Crippen MR) is 94.3 cm³/mol. The van der Waals surface area contributed by atoms with E-state index in [4.69, 9.17) is 0 Å². The summed E-state index contributed by atoms with van der Waals surface area (Å²) < 4.78 is 63.6. The summed E-state index contributed by atoms with van der Waals surface area (Å²) in [6, 6.07) is 3.03. The Morgan fingerprint density at radius 2 is 1.63 bits per heavy atom. The number of aromatic nitrogens is 2. The van der Waals surface area contributed by atoms with E-state index in [1.807, 2.05) is 0 Å². The molecule has 7 nitrogen and oxygen atoms in total. The van der Waals surface area contributed by atoms with Crippen LogP contribution in [0.25, 0.3) is 0 Å². The Kier molecular flexibility index (Phi) is 5.51. The summed E-state index contributed by atoms with van der Waals surface area (Å²) in [6.45, 7) is 1.64. The smallest absolute Gasteiger partial charge is 0.250 e. The number of benzene rings is 1. The van der Waals surface area contributed by atoms with E-state index in [-0.39, 0.29) is 23.4 Å². The number of nitrogens with one attached hydrogen (secondary N) is 3. The molecule has 27 heavy (non-hydrogen) atoms. The van der Waals surface area contributed by atoms with E-state index < -0.39 is 32.4 Å².